The van der Waals surface area contributed by atoms with Crippen LogP contribution in [0.5, 0.6) is 0 Å². The van der Waals surface area contributed by atoms with Crippen LogP contribution in [-0.2, 0) is 26.7 Å². The zero-order chi connectivity index (χ0) is 15.0. The number of rotatable bonds is 4. The van der Waals surface area contributed by atoms with E-state index >= 15 is 0 Å². The predicted molar refractivity (Wildman–Crippen MR) is 78.9 cm³/mol. The number of nitrogens with zero attached hydrogens (tertiary/aromatic N) is 3. The maximum atomic E-state index is 11.1. The van der Waals surface area contributed by atoms with Gasteiger partial charge < -0.3 is 10.6 Å². The van der Waals surface area contributed by atoms with Crippen molar-refractivity contribution in [3.05, 3.63) is 50.7 Å². The molecule has 1 aliphatic rings. The van der Waals surface area contributed by atoms with Gasteiger partial charge in [0.2, 0.25) is 5.82 Å². The van der Waals surface area contributed by atoms with Crippen LogP contribution in [0.3, 0.4) is 0 Å². The summed E-state index contributed by atoms with van der Waals surface area (Å²) in [5.41, 5.74) is 4.18. The average molecular weight is 287 g/mol. The summed E-state index contributed by atoms with van der Waals surface area (Å²) >= 11 is 0. The van der Waals surface area contributed by atoms with E-state index in [1.165, 1.54) is 15.8 Å². The Morgan fingerprint density at radius 3 is 2.95 bits per heavy atom. The highest BCUT2D eigenvalue weighted by atomic mass is 16.6. The summed E-state index contributed by atoms with van der Waals surface area (Å²) in [5, 5.41) is 21.7. The van der Waals surface area contributed by atoms with Gasteiger partial charge in [0.05, 0.1) is 4.92 Å². The van der Waals surface area contributed by atoms with Gasteiger partial charge in [0, 0.05) is 26.7 Å². The third-order valence-electron chi connectivity index (χ3n) is 3.73. The molecule has 110 valence electrons. The molecule has 0 saturated heterocycles. The fourth-order valence-corrected chi connectivity index (χ4v) is 2.71. The van der Waals surface area contributed by atoms with Crippen molar-refractivity contribution < 1.29 is 4.92 Å². The fourth-order valence-electron chi connectivity index (χ4n) is 2.71. The second-order valence-corrected chi connectivity index (χ2v) is 5.22. The molecule has 0 saturated carbocycles. The minimum Gasteiger partial charge on any atom is -0.360 e. The number of fused-ring (bicyclic) bond motifs is 1. The van der Waals surface area contributed by atoms with Crippen LogP contribution in [-0.4, -0.2) is 14.7 Å². The van der Waals surface area contributed by atoms with E-state index in [9.17, 15) is 10.1 Å². The Kier molecular flexibility index (Phi) is 3.34. The summed E-state index contributed by atoms with van der Waals surface area (Å²) in [4.78, 5) is 10.7. The second kappa shape index (κ2) is 5.17. The van der Waals surface area contributed by atoms with E-state index in [0.29, 0.717) is 18.1 Å². The first-order valence-corrected chi connectivity index (χ1v) is 6.79. The number of anilines is 1. The molecule has 0 atom stereocenters. The Labute approximate surface area is 122 Å². The van der Waals surface area contributed by atoms with Gasteiger partial charge in [0.1, 0.15) is 5.69 Å². The first kappa shape index (κ1) is 13.6. The number of hydrogen-bond acceptors (Lipinski definition) is 5. The lowest BCUT2D eigenvalue weighted by Gasteiger charge is -2.08. The molecule has 0 radical (unpaired) electrons. The topological polar surface area (TPSA) is 85.0 Å². The van der Waals surface area contributed by atoms with Gasteiger partial charge in [-0.05, 0) is 23.6 Å². The first-order valence-electron chi connectivity index (χ1n) is 6.79. The maximum absolute atomic E-state index is 11.1. The third-order valence-corrected chi connectivity index (χ3v) is 3.73. The predicted octanol–water partition coefficient (Wildman–Crippen LogP) is 1.85. The van der Waals surface area contributed by atoms with Crippen molar-refractivity contribution in [2.45, 2.75) is 26.6 Å². The molecule has 0 aliphatic carbocycles. The van der Waals surface area contributed by atoms with Crippen molar-refractivity contribution in [3.8, 4) is 0 Å². The zero-order valence-corrected chi connectivity index (χ0v) is 12.0. The first-order chi connectivity index (χ1) is 10.1. The number of aromatic nitrogens is 2. The number of nitrogens with one attached hydrogen (secondary N) is 2. The van der Waals surface area contributed by atoms with Gasteiger partial charge in [-0.15, -0.1) is 0 Å². The molecule has 2 heterocycles. The molecule has 3 rings (SSSR count). The highest BCUT2D eigenvalue weighted by Crippen LogP contribution is 2.28. The van der Waals surface area contributed by atoms with Gasteiger partial charge in [-0.3, -0.25) is 10.1 Å². The molecule has 0 spiro atoms. The molecule has 21 heavy (non-hydrogen) atoms. The molecular formula is C14H17N5O2. The van der Waals surface area contributed by atoms with Gasteiger partial charge in [-0.25, -0.2) is 4.68 Å². The monoisotopic (exact) mass is 287 g/mol. The molecule has 7 heteroatoms. The van der Waals surface area contributed by atoms with Crippen molar-refractivity contribution in [2.24, 2.45) is 7.05 Å². The van der Waals surface area contributed by atoms with Crippen LogP contribution in [0.25, 0.3) is 0 Å². The molecule has 0 unspecified atom stereocenters. The van der Waals surface area contributed by atoms with Gasteiger partial charge in [0.25, 0.3) is 0 Å². The molecule has 2 aromatic rings. The Hall–Kier alpha value is -2.41. The maximum Gasteiger partial charge on any atom is 0.333 e. The highest BCUT2D eigenvalue weighted by molar-refractivity contribution is 5.59. The van der Waals surface area contributed by atoms with E-state index in [4.69, 9.17) is 0 Å². The van der Waals surface area contributed by atoms with Crippen LogP contribution in [0.4, 0.5) is 11.5 Å². The second-order valence-electron chi connectivity index (χ2n) is 5.22. The van der Waals surface area contributed by atoms with Gasteiger partial charge in [0.15, 0.2) is 0 Å². The highest BCUT2D eigenvalue weighted by Gasteiger charge is 2.23. The van der Waals surface area contributed by atoms with E-state index in [1.807, 2.05) is 6.07 Å². The molecule has 2 N–H and O–H groups in total. The van der Waals surface area contributed by atoms with Crippen LogP contribution in [0, 0.1) is 17.0 Å². The zero-order valence-electron chi connectivity index (χ0n) is 12.0. The molecule has 0 fully saturated rings. The summed E-state index contributed by atoms with van der Waals surface area (Å²) in [6.07, 6.45) is 0. The quantitative estimate of drug-likeness (QED) is 0.662. The molecule has 0 bridgehead atoms. The Bertz CT molecular complexity index is 708. The van der Waals surface area contributed by atoms with Crippen molar-refractivity contribution in [2.75, 3.05) is 5.32 Å². The summed E-state index contributed by atoms with van der Waals surface area (Å²) < 4.78 is 1.52. The van der Waals surface area contributed by atoms with Crippen LogP contribution in [0.15, 0.2) is 18.2 Å². The van der Waals surface area contributed by atoms with Gasteiger partial charge in [-0.1, -0.05) is 18.2 Å². The summed E-state index contributed by atoms with van der Waals surface area (Å²) in [5.74, 6) is 0.441. The van der Waals surface area contributed by atoms with Gasteiger partial charge in [-0.2, -0.15) is 5.10 Å². The van der Waals surface area contributed by atoms with E-state index in [2.05, 4.69) is 27.9 Å². The lowest BCUT2D eigenvalue weighted by atomic mass is 10.1. The lowest BCUT2D eigenvalue weighted by molar-refractivity contribution is -0.384. The smallest absolute Gasteiger partial charge is 0.333 e. The largest absolute Gasteiger partial charge is 0.360 e. The minimum atomic E-state index is -0.392. The van der Waals surface area contributed by atoms with E-state index in [1.54, 1.807) is 14.0 Å². The minimum absolute atomic E-state index is 0.0420. The normalized spacial score (nSPS) is 13.2. The van der Waals surface area contributed by atoms with E-state index < -0.39 is 4.92 Å². The molecule has 1 aromatic heterocycles. The Balaban J connectivity index is 1.81. The third kappa shape index (κ3) is 2.47. The molecule has 0 amide bonds. The van der Waals surface area contributed by atoms with Crippen LogP contribution >= 0.6 is 0 Å². The fraction of sp³-hybridized carbons (Fsp3) is 0.357. The lowest BCUT2D eigenvalue weighted by Crippen LogP contribution is -2.06. The Morgan fingerprint density at radius 1 is 1.43 bits per heavy atom. The number of aryl methyl sites for hydroxylation is 2. The van der Waals surface area contributed by atoms with Crippen LogP contribution in [0.2, 0.25) is 0 Å². The van der Waals surface area contributed by atoms with Crippen molar-refractivity contribution >= 4 is 11.5 Å². The molecule has 7 nitrogen and oxygen atoms in total. The Morgan fingerprint density at radius 2 is 2.19 bits per heavy atom. The summed E-state index contributed by atoms with van der Waals surface area (Å²) in [7, 11) is 1.70. The van der Waals surface area contributed by atoms with Crippen molar-refractivity contribution in [3.63, 3.8) is 0 Å². The van der Waals surface area contributed by atoms with Crippen molar-refractivity contribution in [1.82, 2.24) is 15.1 Å². The number of benzene rings is 1. The van der Waals surface area contributed by atoms with E-state index in [0.717, 1.165) is 18.7 Å². The number of nitro groups is 1. The number of hydrogen-bond donors (Lipinski definition) is 2. The molecular weight excluding hydrogens is 270 g/mol. The van der Waals surface area contributed by atoms with E-state index in [-0.39, 0.29) is 5.69 Å². The molecule has 1 aliphatic heterocycles. The van der Waals surface area contributed by atoms with Crippen molar-refractivity contribution in [1.29, 1.82) is 0 Å². The van der Waals surface area contributed by atoms with Gasteiger partial charge >= 0.3 is 5.69 Å². The van der Waals surface area contributed by atoms with Crippen LogP contribution in [0.1, 0.15) is 22.4 Å². The SMILES string of the molecule is Cc1nn(C)c(NCc2ccc3c(c2)CNC3)c1[N+](=O)[O-]. The summed E-state index contributed by atoms with van der Waals surface area (Å²) in [6, 6.07) is 6.29. The summed E-state index contributed by atoms with van der Waals surface area (Å²) in [6.45, 7) is 3.97. The molecule has 1 aromatic carbocycles. The standard InChI is InChI=1S/C14H17N5O2/c1-9-13(19(20)21)14(18(2)17-9)16-6-10-3-4-11-7-15-8-12(11)5-10/h3-5,15-16H,6-8H2,1-2H3. The van der Waals surface area contributed by atoms with Crippen LogP contribution < -0.4 is 10.6 Å². The average Bonchev–Trinajstić information content (AvgIpc) is 2.99.